The van der Waals surface area contributed by atoms with E-state index in [4.69, 9.17) is 4.74 Å². The number of benzene rings is 1. The van der Waals surface area contributed by atoms with Crippen molar-refractivity contribution in [3.05, 3.63) is 23.8 Å². The molecule has 0 aliphatic carbocycles. The molecule has 2 atom stereocenters. The number of carbonyl (C=O) groups is 1. The van der Waals surface area contributed by atoms with E-state index >= 15 is 0 Å². The van der Waals surface area contributed by atoms with Gasteiger partial charge in [0.15, 0.2) is 0 Å². The minimum atomic E-state index is -3.61. The van der Waals surface area contributed by atoms with Gasteiger partial charge in [0.2, 0.25) is 15.9 Å². The van der Waals surface area contributed by atoms with E-state index in [2.05, 4.69) is 0 Å². The van der Waals surface area contributed by atoms with Crippen LogP contribution >= 0.6 is 0 Å². The number of amides is 1. The van der Waals surface area contributed by atoms with Crippen molar-refractivity contribution in [3.8, 4) is 0 Å². The first kappa shape index (κ1) is 17.4. The van der Waals surface area contributed by atoms with Crippen LogP contribution in [-0.4, -0.2) is 51.0 Å². The van der Waals surface area contributed by atoms with Crippen molar-refractivity contribution in [1.29, 1.82) is 0 Å². The molecule has 2 heterocycles. The van der Waals surface area contributed by atoms with E-state index in [0.29, 0.717) is 13.1 Å². The van der Waals surface area contributed by atoms with Crippen LogP contribution in [-0.2, 0) is 25.0 Å². The Kier molecular flexibility index (Phi) is 4.01. The summed E-state index contributed by atoms with van der Waals surface area (Å²) in [5.41, 5.74) is 0.805. The van der Waals surface area contributed by atoms with Gasteiger partial charge >= 0.3 is 0 Å². The predicted octanol–water partition coefficient (Wildman–Crippen LogP) is 1.74. The highest BCUT2D eigenvalue weighted by atomic mass is 32.2. The number of hydrogen-bond donors (Lipinski definition) is 0. The molecule has 0 unspecified atom stereocenters. The zero-order chi connectivity index (χ0) is 17.9. The van der Waals surface area contributed by atoms with Crippen molar-refractivity contribution in [2.45, 2.75) is 50.2 Å². The maximum atomic E-state index is 13.0. The van der Waals surface area contributed by atoms with Gasteiger partial charge in [-0.2, -0.15) is 4.31 Å². The lowest BCUT2D eigenvalue weighted by molar-refractivity contribution is -0.121. The number of fused-ring (bicyclic) bond motifs is 1. The van der Waals surface area contributed by atoms with Crippen LogP contribution in [0.1, 0.15) is 33.3 Å². The zero-order valence-corrected chi connectivity index (χ0v) is 15.6. The highest BCUT2D eigenvalue weighted by Crippen LogP contribution is 2.42. The monoisotopic (exact) mass is 352 g/mol. The number of ether oxygens (including phenoxy) is 1. The molecule has 1 aromatic rings. The number of anilines is 1. The van der Waals surface area contributed by atoms with Crippen LogP contribution in [0.3, 0.4) is 0 Å². The molecule has 0 aromatic heterocycles. The molecule has 1 aromatic carbocycles. The van der Waals surface area contributed by atoms with Crippen LogP contribution < -0.4 is 4.90 Å². The van der Waals surface area contributed by atoms with Gasteiger partial charge in [0.1, 0.15) is 0 Å². The normalized spacial score (nSPS) is 27.4. The Morgan fingerprint density at radius 2 is 1.75 bits per heavy atom. The second kappa shape index (κ2) is 5.54. The third-order valence-electron chi connectivity index (χ3n) is 4.87. The summed E-state index contributed by atoms with van der Waals surface area (Å²) in [5, 5.41) is 0. The predicted molar refractivity (Wildman–Crippen MR) is 91.6 cm³/mol. The minimum Gasteiger partial charge on any atom is -0.373 e. The number of rotatable bonds is 2. The van der Waals surface area contributed by atoms with E-state index in [0.717, 1.165) is 11.3 Å². The van der Waals surface area contributed by atoms with Gasteiger partial charge in [0.05, 0.1) is 22.5 Å². The molecule has 1 saturated heterocycles. The van der Waals surface area contributed by atoms with Gasteiger partial charge in [-0.05, 0) is 51.5 Å². The average molecular weight is 352 g/mol. The Hall–Kier alpha value is -1.44. The van der Waals surface area contributed by atoms with Crippen LogP contribution in [0.2, 0.25) is 0 Å². The van der Waals surface area contributed by atoms with E-state index < -0.39 is 15.4 Å². The molecule has 1 fully saturated rings. The SMILES string of the molecule is C[C@@H]1CN(S(=O)(=O)c2ccc3c(c2)C(C)(C)C(=O)N3C)C[C@H](C)O1. The van der Waals surface area contributed by atoms with E-state index in [-0.39, 0.29) is 23.0 Å². The molecule has 0 N–H and O–H groups in total. The molecule has 3 rings (SSSR count). The lowest BCUT2D eigenvalue weighted by Crippen LogP contribution is -2.48. The van der Waals surface area contributed by atoms with E-state index in [9.17, 15) is 13.2 Å². The molecule has 24 heavy (non-hydrogen) atoms. The van der Waals surface area contributed by atoms with Crippen molar-refractivity contribution in [1.82, 2.24) is 4.31 Å². The van der Waals surface area contributed by atoms with E-state index in [1.807, 2.05) is 27.7 Å². The molecular formula is C17H24N2O4S. The van der Waals surface area contributed by atoms with Crippen molar-refractivity contribution < 1.29 is 17.9 Å². The summed E-state index contributed by atoms with van der Waals surface area (Å²) in [6.07, 6.45) is -0.274. The van der Waals surface area contributed by atoms with Crippen molar-refractivity contribution in [3.63, 3.8) is 0 Å². The van der Waals surface area contributed by atoms with Gasteiger partial charge in [-0.15, -0.1) is 0 Å². The molecule has 2 aliphatic rings. The molecular weight excluding hydrogens is 328 g/mol. The summed E-state index contributed by atoms with van der Waals surface area (Å²) in [7, 11) is -1.89. The third-order valence-corrected chi connectivity index (χ3v) is 6.69. The summed E-state index contributed by atoms with van der Waals surface area (Å²) in [6.45, 7) is 8.08. The third kappa shape index (κ3) is 2.55. The number of sulfonamides is 1. The lowest BCUT2D eigenvalue weighted by Gasteiger charge is -2.34. The number of nitrogens with zero attached hydrogens (tertiary/aromatic N) is 2. The molecule has 6 nitrogen and oxygen atoms in total. The van der Waals surface area contributed by atoms with Crippen molar-refractivity contribution >= 4 is 21.6 Å². The van der Waals surface area contributed by atoms with Crippen LogP contribution in [0.5, 0.6) is 0 Å². The molecule has 0 saturated carbocycles. The van der Waals surface area contributed by atoms with Crippen LogP contribution in [0.25, 0.3) is 0 Å². The van der Waals surface area contributed by atoms with Crippen molar-refractivity contribution in [2.75, 3.05) is 25.0 Å². The summed E-state index contributed by atoms with van der Waals surface area (Å²) in [5.74, 6) is -0.0272. The van der Waals surface area contributed by atoms with Crippen LogP contribution in [0.15, 0.2) is 23.1 Å². The fourth-order valence-corrected chi connectivity index (χ4v) is 5.21. The van der Waals surface area contributed by atoms with Gasteiger partial charge in [-0.1, -0.05) is 0 Å². The smallest absolute Gasteiger partial charge is 0.243 e. The van der Waals surface area contributed by atoms with Gasteiger partial charge < -0.3 is 9.64 Å². The average Bonchev–Trinajstić information content (AvgIpc) is 2.67. The molecule has 2 aliphatic heterocycles. The van der Waals surface area contributed by atoms with Gasteiger partial charge in [0.25, 0.3) is 0 Å². The standard InChI is InChI=1S/C17H24N2O4S/c1-11-9-19(10-12(2)23-11)24(21,22)13-6-7-15-14(8-13)17(3,4)16(20)18(15)5/h6-8,11-12H,9-10H2,1-5H3/t11-,12+. The van der Waals surface area contributed by atoms with Gasteiger partial charge in [-0.3, -0.25) is 4.79 Å². The molecule has 7 heteroatoms. The Morgan fingerprint density at radius 1 is 1.17 bits per heavy atom. The summed E-state index contributed by atoms with van der Waals surface area (Å²) in [6, 6.07) is 4.96. The molecule has 1 amide bonds. The van der Waals surface area contributed by atoms with Crippen molar-refractivity contribution in [2.24, 2.45) is 0 Å². The highest BCUT2D eigenvalue weighted by molar-refractivity contribution is 7.89. The first-order valence-corrected chi connectivity index (χ1v) is 9.57. The minimum absolute atomic E-state index is 0.0272. The lowest BCUT2D eigenvalue weighted by atomic mass is 9.86. The van der Waals surface area contributed by atoms with Gasteiger partial charge in [-0.25, -0.2) is 8.42 Å². The first-order chi connectivity index (χ1) is 11.0. The summed E-state index contributed by atoms with van der Waals surface area (Å²) >= 11 is 0. The number of likely N-dealkylation sites (N-methyl/N-ethyl adjacent to an activating group) is 1. The van der Waals surface area contributed by atoms with Crippen LogP contribution in [0, 0.1) is 0 Å². The Morgan fingerprint density at radius 3 is 2.33 bits per heavy atom. The highest BCUT2D eigenvalue weighted by Gasteiger charge is 2.43. The van der Waals surface area contributed by atoms with E-state index in [1.54, 1.807) is 30.1 Å². The Labute approximate surface area is 143 Å². The fourth-order valence-electron chi connectivity index (χ4n) is 3.59. The molecule has 0 spiro atoms. The maximum Gasteiger partial charge on any atom is 0.243 e. The molecule has 0 radical (unpaired) electrons. The second-order valence-corrected chi connectivity index (χ2v) is 9.19. The zero-order valence-electron chi connectivity index (χ0n) is 14.7. The topological polar surface area (TPSA) is 66.9 Å². The fraction of sp³-hybridized carbons (Fsp3) is 0.588. The van der Waals surface area contributed by atoms with Gasteiger partial charge in [0, 0.05) is 25.8 Å². The first-order valence-electron chi connectivity index (χ1n) is 8.13. The quantitative estimate of drug-likeness (QED) is 0.813. The maximum absolute atomic E-state index is 13.0. The summed E-state index contributed by atoms with van der Waals surface area (Å²) in [4.78, 5) is 14.2. The molecule has 0 bridgehead atoms. The number of carbonyl (C=O) groups excluding carboxylic acids is 1. The number of morpholine rings is 1. The Bertz CT molecular complexity index is 778. The molecule has 132 valence electrons. The van der Waals surface area contributed by atoms with E-state index in [1.165, 1.54) is 4.31 Å². The second-order valence-electron chi connectivity index (χ2n) is 7.25. The number of hydrogen-bond acceptors (Lipinski definition) is 4. The van der Waals surface area contributed by atoms with Crippen LogP contribution in [0.4, 0.5) is 5.69 Å². The summed E-state index contributed by atoms with van der Waals surface area (Å²) < 4.78 is 33.1. The Balaban J connectivity index is 2.02. The largest absolute Gasteiger partial charge is 0.373 e.